The summed E-state index contributed by atoms with van der Waals surface area (Å²) in [6.45, 7) is 7.89. The van der Waals surface area contributed by atoms with Crippen molar-refractivity contribution in [3.05, 3.63) is 83.1 Å². The molecule has 26 heavy (non-hydrogen) atoms. The van der Waals surface area contributed by atoms with E-state index >= 15 is 0 Å². The number of hydrogen-bond acceptors (Lipinski definition) is 1. The van der Waals surface area contributed by atoms with Crippen molar-refractivity contribution in [3.63, 3.8) is 0 Å². The molecule has 2 aromatic carbocycles. The van der Waals surface area contributed by atoms with Gasteiger partial charge in [-0.3, -0.25) is 0 Å². The number of anilines is 1. The van der Waals surface area contributed by atoms with E-state index in [0.717, 1.165) is 11.1 Å². The van der Waals surface area contributed by atoms with Crippen molar-refractivity contribution in [1.82, 2.24) is 0 Å². The highest BCUT2D eigenvalue weighted by Crippen LogP contribution is 2.51. The van der Waals surface area contributed by atoms with Crippen LogP contribution in [0.25, 0.3) is 5.57 Å². The molecular weight excluding hydrogens is 335 g/mol. The second-order valence-corrected chi connectivity index (χ2v) is 6.68. The zero-order valence-electron chi connectivity index (χ0n) is 15.2. The number of benzene rings is 2. The Hall–Kier alpha value is -2.49. The van der Waals surface area contributed by atoms with Crippen LogP contribution in [0.3, 0.4) is 0 Å². The first-order chi connectivity index (χ1) is 12.3. The Balaban J connectivity index is 2.32. The molecule has 1 atom stereocenters. The van der Waals surface area contributed by atoms with E-state index in [1.54, 1.807) is 36.2 Å². The van der Waals surface area contributed by atoms with Gasteiger partial charge < -0.3 is 4.90 Å². The van der Waals surface area contributed by atoms with Crippen molar-refractivity contribution in [1.29, 1.82) is 0 Å². The van der Waals surface area contributed by atoms with Crippen molar-refractivity contribution in [2.24, 2.45) is 0 Å². The summed E-state index contributed by atoms with van der Waals surface area (Å²) in [5, 5.41) is 0. The molecule has 0 spiro atoms. The molecule has 3 rings (SSSR count). The van der Waals surface area contributed by atoms with Crippen LogP contribution < -0.4 is 4.90 Å². The van der Waals surface area contributed by atoms with E-state index in [1.165, 1.54) is 0 Å². The molecule has 1 nitrogen and oxygen atoms in total. The minimum Gasteiger partial charge on any atom is -0.344 e. The van der Waals surface area contributed by atoms with Crippen LogP contribution in [0, 0.1) is 6.92 Å². The molecule has 1 unspecified atom stereocenters. The van der Waals surface area contributed by atoms with Gasteiger partial charge in [0.1, 0.15) is 0 Å². The smallest absolute Gasteiger partial charge is 0.344 e. The van der Waals surface area contributed by atoms with Crippen LogP contribution in [0.5, 0.6) is 0 Å². The minimum atomic E-state index is -4.45. The number of rotatable bonds is 3. The van der Waals surface area contributed by atoms with Gasteiger partial charge >= 0.3 is 6.18 Å². The molecule has 0 aliphatic carbocycles. The Labute approximate surface area is 152 Å². The number of likely N-dealkylation sites (N-methyl/N-ethyl adjacent to an activating group) is 1. The standard InChI is InChI=1S/C22H22F3N/c1-5-17(16-10-8-9-14(2)13-16)20-15(3)26(4)19-12-7-6-11-18(19)21(20)22(23,24)25/h6-13,17H,3,5H2,1-2,4H3. The van der Waals surface area contributed by atoms with E-state index in [2.05, 4.69) is 6.58 Å². The lowest BCUT2D eigenvalue weighted by Gasteiger charge is -2.37. The maximum absolute atomic E-state index is 14.1. The van der Waals surface area contributed by atoms with Crippen LogP contribution in [0.2, 0.25) is 0 Å². The first-order valence-electron chi connectivity index (χ1n) is 8.66. The second kappa shape index (κ2) is 6.67. The Morgan fingerprint density at radius 1 is 1.08 bits per heavy atom. The molecule has 0 fully saturated rings. The average molecular weight is 357 g/mol. The van der Waals surface area contributed by atoms with E-state index in [0.29, 0.717) is 17.8 Å². The number of halogens is 3. The van der Waals surface area contributed by atoms with E-state index < -0.39 is 11.7 Å². The van der Waals surface area contributed by atoms with E-state index in [1.807, 2.05) is 38.1 Å². The maximum atomic E-state index is 14.1. The van der Waals surface area contributed by atoms with Crippen molar-refractivity contribution in [3.8, 4) is 0 Å². The normalized spacial score (nSPS) is 15.9. The van der Waals surface area contributed by atoms with Gasteiger partial charge in [0, 0.05) is 29.9 Å². The maximum Gasteiger partial charge on any atom is 0.417 e. The van der Waals surface area contributed by atoms with Gasteiger partial charge in [-0.15, -0.1) is 0 Å². The largest absolute Gasteiger partial charge is 0.417 e. The molecule has 2 aromatic rings. The molecular formula is C22H22F3N. The first kappa shape index (κ1) is 18.3. The number of aryl methyl sites for hydroxylation is 1. The quantitative estimate of drug-likeness (QED) is 0.608. The highest BCUT2D eigenvalue weighted by Gasteiger charge is 2.43. The van der Waals surface area contributed by atoms with Gasteiger partial charge in [-0.1, -0.05) is 61.5 Å². The molecule has 0 saturated carbocycles. The fourth-order valence-electron chi connectivity index (χ4n) is 3.77. The summed E-state index contributed by atoms with van der Waals surface area (Å²) in [7, 11) is 1.78. The van der Waals surface area contributed by atoms with Crippen LogP contribution in [0.1, 0.15) is 36.0 Å². The monoisotopic (exact) mass is 357 g/mol. The molecule has 0 amide bonds. The van der Waals surface area contributed by atoms with Crippen molar-refractivity contribution >= 4 is 11.3 Å². The Morgan fingerprint density at radius 3 is 2.38 bits per heavy atom. The number of fused-ring (bicyclic) bond motifs is 1. The zero-order valence-corrected chi connectivity index (χ0v) is 15.2. The predicted molar refractivity (Wildman–Crippen MR) is 101 cm³/mol. The highest BCUT2D eigenvalue weighted by atomic mass is 19.4. The Morgan fingerprint density at radius 2 is 1.77 bits per heavy atom. The predicted octanol–water partition coefficient (Wildman–Crippen LogP) is 6.47. The van der Waals surface area contributed by atoms with Crippen LogP contribution >= 0.6 is 0 Å². The summed E-state index contributed by atoms with van der Waals surface area (Å²) in [4.78, 5) is 1.76. The molecule has 136 valence electrons. The lowest BCUT2D eigenvalue weighted by Crippen LogP contribution is -2.30. The second-order valence-electron chi connectivity index (χ2n) is 6.68. The summed E-state index contributed by atoms with van der Waals surface area (Å²) in [5.41, 5.74) is 2.79. The van der Waals surface area contributed by atoms with Crippen molar-refractivity contribution < 1.29 is 13.2 Å². The molecule has 4 heteroatoms. The number of nitrogens with zero attached hydrogens (tertiary/aromatic N) is 1. The van der Waals surface area contributed by atoms with Gasteiger partial charge in [-0.05, 0) is 30.5 Å². The van der Waals surface area contributed by atoms with Gasteiger partial charge in [0.05, 0.1) is 5.57 Å². The zero-order chi connectivity index (χ0) is 19.1. The Kier molecular flexibility index (Phi) is 4.70. The topological polar surface area (TPSA) is 3.24 Å². The summed E-state index contributed by atoms with van der Waals surface area (Å²) in [6, 6.07) is 14.4. The summed E-state index contributed by atoms with van der Waals surface area (Å²) in [6.07, 6.45) is -3.89. The van der Waals surface area contributed by atoms with Gasteiger partial charge in [-0.2, -0.15) is 13.2 Å². The molecule has 0 bridgehead atoms. The number of allylic oxidation sites excluding steroid dienone is 2. The molecule has 1 heterocycles. The van der Waals surface area contributed by atoms with Gasteiger partial charge in [0.25, 0.3) is 0 Å². The van der Waals surface area contributed by atoms with Gasteiger partial charge in [-0.25, -0.2) is 0 Å². The third kappa shape index (κ3) is 3.05. The first-order valence-corrected chi connectivity index (χ1v) is 8.66. The van der Waals surface area contributed by atoms with Crippen LogP contribution in [-0.4, -0.2) is 13.2 Å². The molecule has 1 aliphatic heterocycles. The van der Waals surface area contributed by atoms with Crippen molar-refractivity contribution in [2.75, 3.05) is 11.9 Å². The van der Waals surface area contributed by atoms with Gasteiger partial charge in [0.2, 0.25) is 0 Å². The van der Waals surface area contributed by atoms with Gasteiger partial charge in [0.15, 0.2) is 0 Å². The molecule has 0 radical (unpaired) electrons. The van der Waals surface area contributed by atoms with Crippen LogP contribution in [0.15, 0.2) is 66.4 Å². The SMILES string of the molecule is C=C1C(C(CC)c2cccc(C)c2)=C(C(F)(F)F)c2ccccc2N1C. The fraction of sp³-hybridized carbons (Fsp3) is 0.273. The summed E-state index contributed by atoms with van der Waals surface area (Å²) < 4.78 is 42.4. The Bertz CT molecular complexity index is 877. The fourth-order valence-corrected chi connectivity index (χ4v) is 3.77. The molecule has 0 aromatic heterocycles. The third-order valence-corrected chi connectivity index (χ3v) is 5.00. The van der Waals surface area contributed by atoms with Crippen molar-refractivity contribution in [2.45, 2.75) is 32.4 Å². The molecule has 0 saturated heterocycles. The summed E-state index contributed by atoms with van der Waals surface area (Å²) in [5.74, 6) is -0.366. The van der Waals surface area contributed by atoms with Crippen LogP contribution in [0.4, 0.5) is 18.9 Å². The number of hydrogen-bond donors (Lipinski definition) is 0. The number of alkyl halides is 3. The highest BCUT2D eigenvalue weighted by molar-refractivity contribution is 5.89. The number of para-hydroxylation sites is 1. The average Bonchev–Trinajstić information content (AvgIpc) is 2.59. The molecule has 1 aliphatic rings. The van der Waals surface area contributed by atoms with Crippen LogP contribution in [-0.2, 0) is 0 Å². The lowest BCUT2D eigenvalue weighted by atomic mass is 9.79. The summed E-state index contributed by atoms with van der Waals surface area (Å²) >= 11 is 0. The molecule has 0 N–H and O–H groups in total. The third-order valence-electron chi connectivity index (χ3n) is 5.00. The minimum absolute atomic E-state index is 0.219. The van der Waals surface area contributed by atoms with E-state index in [-0.39, 0.29) is 17.1 Å². The van der Waals surface area contributed by atoms with E-state index in [9.17, 15) is 13.2 Å². The lowest BCUT2D eigenvalue weighted by molar-refractivity contribution is -0.0696. The van der Waals surface area contributed by atoms with E-state index in [4.69, 9.17) is 0 Å².